The zero-order valence-electron chi connectivity index (χ0n) is 15.2. The molecule has 1 atom stereocenters. The topological polar surface area (TPSA) is 125 Å². The van der Waals surface area contributed by atoms with E-state index in [1.54, 1.807) is 6.07 Å². The largest absolute Gasteiger partial charge is 0.467 e. The minimum atomic E-state index is -1.15. The SMILES string of the molecule is COC(=O)c1cccc(C(=O)N[C@@H](Cc2ccccc2[N+](=O)[O-])C(=O)OC)c1. The van der Waals surface area contributed by atoms with Gasteiger partial charge in [0.05, 0.1) is 24.7 Å². The predicted octanol–water partition coefficient (Wildman–Crippen LogP) is 1.90. The molecule has 0 aromatic heterocycles. The second-order valence-electron chi connectivity index (χ2n) is 5.71. The maximum absolute atomic E-state index is 12.5. The third kappa shape index (κ3) is 4.91. The highest BCUT2D eigenvalue weighted by Crippen LogP contribution is 2.20. The Kier molecular flexibility index (Phi) is 6.80. The van der Waals surface area contributed by atoms with Crippen molar-refractivity contribution in [3.8, 4) is 0 Å². The number of benzene rings is 2. The first kappa shape index (κ1) is 20.6. The van der Waals surface area contributed by atoms with Crippen LogP contribution < -0.4 is 5.32 Å². The van der Waals surface area contributed by atoms with Crippen LogP contribution in [0, 0.1) is 10.1 Å². The zero-order chi connectivity index (χ0) is 20.7. The summed E-state index contributed by atoms with van der Waals surface area (Å²) in [5, 5.41) is 13.7. The lowest BCUT2D eigenvalue weighted by Crippen LogP contribution is -2.43. The van der Waals surface area contributed by atoms with Gasteiger partial charge in [-0.05, 0) is 18.2 Å². The lowest BCUT2D eigenvalue weighted by atomic mass is 10.0. The molecule has 9 heteroatoms. The predicted molar refractivity (Wildman–Crippen MR) is 97.9 cm³/mol. The van der Waals surface area contributed by atoms with Crippen LogP contribution in [0.1, 0.15) is 26.3 Å². The maximum atomic E-state index is 12.5. The quantitative estimate of drug-likeness (QED) is 0.438. The molecule has 9 nitrogen and oxygen atoms in total. The Morgan fingerprint density at radius 3 is 2.36 bits per heavy atom. The number of nitrogens with one attached hydrogen (secondary N) is 1. The molecule has 0 radical (unpaired) electrons. The van der Waals surface area contributed by atoms with Gasteiger partial charge in [0.15, 0.2) is 0 Å². The third-order valence-corrected chi connectivity index (χ3v) is 3.95. The van der Waals surface area contributed by atoms with Crippen LogP contribution in [0.3, 0.4) is 0 Å². The second kappa shape index (κ2) is 9.26. The van der Waals surface area contributed by atoms with Crippen molar-refractivity contribution in [1.29, 1.82) is 0 Å². The van der Waals surface area contributed by atoms with Gasteiger partial charge < -0.3 is 14.8 Å². The number of nitro benzene ring substituents is 1. The van der Waals surface area contributed by atoms with Crippen molar-refractivity contribution in [2.75, 3.05) is 14.2 Å². The van der Waals surface area contributed by atoms with E-state index in [-0.39, 0.29) is 28.8 Å². The molecule has 0 heterocycles. The maximum Gasteiger partial charge on any atom is 0.337 e. The van der Waals surface area contributed by atoms with E-state index < -0.39 is 28.8 Å². The Morgan fingerprint density at radius 2 is 1.71 bits per heavy atom. The summed E-state index contributed by atoms with van der Waals surface area (Å²) in [6.07, 6.45) is -0.133. The number of rotatable bonds is 7. The van der Waals surface area contributed by atoms with Gasteiger partial charge in [-0.15, -0.1) is 0 Å². The average molecular weight is 386 g/mol. The van der Waals surface area contributed by atoms with Crippen LogP contribution in [0.4, 0.5) is 5.69 Å². The molecule has 2 aromatic rings. The molecular formula is C19H18N2O7. The first-order valence-electron chi connectivity index (χ1n) is 8.16. The van der Waals surface area contributed by atoms with Crippen LogP contribution in [-0.2, 0) is 20.7 Å². The molecule has 2 aromatic carbocycles. The highest BCUT2D eigenvalue weighted by Gasteiger charge is 2.26. The molecule has 0 spiro atoms. The van der Waals surface area contributed by atoms with Gasteiger partial charge in [-0.2, -0.15) is 0 Å². The molecule has 2 rings (SSSR count). The minimum Gasteiger partial charge on any atom is -0.467 e. The number of amides is 1. The molecule has 0 aliphatic heterocycles. The lowest BCUT2D eigenvalue weighted by Gasteiger charge is -2.17. The van der Waals surface area contributed by atoms with E-state index in [1.165, 1.54) is 49.6 Å². The van der Waals surface area contributed by atoms with E-state index in [0.29, 0.717) is 0 Å². The summed E-state index contributed by atoms with van der Waals surface area (Å²) in [4.78, 5) is 46.9. The molecule has 0 saturated heterocycles. The fourth-order valence-electron chi connectivity index (χ4n) is 2.56. The average Bonchev–Trinajstić information content (AvgIpc) is 2.72. The Balaban J connectivity index is 2.26. The highest BCUT2D eigenvalue weighted by atomic mass is 16.6. The van der Waals surface area contributed by atoms with Gasteiger partial charge >= 0.3 is 11.9 Å². The number of hydrogen-bond donors (Lipinski definition) is 1. The van der Waals surface area contributed by atoms with Crippen molar-refractivity contribution in [1.82, 2.24) is 5.32 Å². The van der Waals surface area contributed by atoms with Crippen LogP contribution in [0.2, 0.25) is 0 Å². The number of para-hydroxylation sites is 1. The lowest BCUT2D eigenvalue weighted by molar-refractivity contribution is -0.385. The summed E-state index contributed by atoms with van der Waals surface area (Å²) in [5.74, 6) is -2.01. The van der Waals surface area contributed by atoms with Crippen molar-refractivity contribution in [2.45, 2.75) is 12.5 Å². The summed E-state index contributed by atoms with van der Waals surface area (Å²) in [6, 6.07) is 10.5. The second-order valence-corrected chi connectivity index (χ2v) is 5.71. The molecule has 1 amide bonds. The molecule has 146 valence electrons. The van der Waals surface area contributed by atoms with Crippen LogP contribution in [0.15, 0.2) is 48.5 Å². The normalized spacial score (nSPS) is 11.2. The monoisotopic (exact) mass is 386 g/mol. The first-order valence-corrected chi connectivity index (χ1v) is 8.16. The Labute approximate surface area is 160 Å². The van der Waals surface area contributed by atoms with Crippen LogP contribution in [0.25, 0.3) is 0 Å². The fourth-order valence-corrected chi connectivity index (χ4v) is 2.56. The zero-order valence-corrected chi connectivity index (χ0v) is 15.2. The molecule has 0 bridgehead atoms. The summed E-state index contributed by atoms with van der Waals surface area (Å²) < 4.78 is 9.32. The Hall–Kier alpha value is -3.75. The number of nitro groups is 1. The van der Waals surface area contributed by atoms with Gasteiger partial charge in [0.2, 0.25) is 0 Å². The number of methoxy groups -OCH3 is 2. The molecule has 28 heavy (non-hydrogen) atoms. The summed E-state index contributed by atoms with van der Waals surface area (Å²) in [5.41, 5.74) is 0.396. The Morgan fingerprint density at radius 1 is 1.04 bits per heavy atom. The molecular weight excluding hydrogens is 368 g/mol. The van der Waals surface area contributed by atoms with Gasteiger partial charge in [0, 0.05) is 23.6 Å². The standard InChI is InChI=1S/C19H18N2O7/c1-27-18(23)14-8-5-7-13(10-14)17(22)20-15(19(24)28-2)11-12-6-3-4-9-16(12)21(25)26/h3-10,15H,11H2,1-2H3,(H,20,22)/t15-/m0/s1. The van der Waals surface area contributed by atoms with E-state index in [1.807, 2.05) is 0 Å². The molecule has 1 N–H and O–H groups in total. The smallest absolute Gasteiger partial charge is 0.337 e. The van der Waals surface area contributed by atoms with Crippen molar-refractivity contribution >= 4 is 23.5 Å². The number of ether oxygens (including phenoxy) is 2. The van der Waals surface area contributed by atoms with E-state index in [9.17, 15) is 24.5 Å². The van der Waals surface area contributed by atoms with Gasteiger partial charge in [-0.1, -0.05) is 24.3 Å². The number of hydrogen-bond acceptors (Lipinski definition) is 7. The minimum absolute atomic E-state index is 0.124. The molecule has 0 saturated carbocycles. The van der Waals surface area contributed by atoms with E-state index in [2.05, 4.69) is 10.1 Å². The number of carbonyl (C=O) groups excluding carboxylic acids is 3. The van der Waals surface area contributed by atoms with Gasteiger partial charge in [-0.3, -0.25) is 14.9 Å². The van der Waals surface area contributed by atoms with Crippen LogP contribution in [-0.4, -0.2) is 43.0 Å². The van der Waals surface area contributed by atoms with Crippen molar-refractivity contribution < 1.29 is 28.8 Å². The Bertz CT molecular complexity index is 911. The molecule has 0 unspecified atom stereocenters. The number of esters is 2. The van der Waals surface area contributed by atoms with Gasteiger partial charge in [0.25, 0.3) is 11.6 Å². The van der Waals surface area contributed by atoms with E-state index in [4.69, 9.17) is 4.74 Å². The van der Waals surface area contributed by atoms with Gasteiger partial charge in [-0.25, -0.2) is 9.59 Å². The third-order valence-electron chi connectivity index (χ3n) is 3.95. The van der Waals surface area contributed by atoms with Crippen LogP contribution in [0.5, 0.6) is 0 Å². The molecule has 0 aliphatic carbocycles. The molecule has 0 fully saturated rings. The summed E-state index contributed by atoms with van der Waals surface area (Å²) in [6.45, 7) is 0. The molecule has 0 aliphatic rings. The van der Waals surface area contributed by atoms with Crippen molar-refractivity contribution in [3.63, 3.8) is 0 Å². The highest BCUT2D eigenvalue weighted by molar-refractivity contribution is 5.99. The first-order chi connectivity index (χ1) is 13.4. The van der Waals surface area contributed by atoms with Crippen molar-refractivity contribution in [3.05, 3.63) is 75.3 Å². The van der Waals surface area contributed by atoms with Crippen molar-refractivity contribution in [2.24, 2.45) is 0 Å². The fraction of sp³-hybridized carbons (Fsp3) is 0.211. The van der Waals surface area contributed by atoms with Gasteiger partial charge in [0.1, 0.15) is 6.04 Å². The number of nitrogens with zero attached hydrogens (tertiary/aromatic N) is 1. The number of carbonyl (C=O) groups is 3. The van der Waals surface area contributed by atoms with Crippen LogP contribution >= 0.6 is 0 Å². The summed E-state index contributed by atoms with van der Waals surface area (Å²) in [7, 11) is 2.37. The summed E-state index contributed by atoms with van der Waals surface area (Å²) >= 11 is 0. The van der Waals surface area contributed by atoms with E-state index >= 15 is 0 Å². The van der Waals surface area contributed by atoms with E-state index in [0.717, 1.165) is 7.11 Å².